The van der Waals surface area contributed by atoms with Crippen molar-refractivity contribution in [1.29, 1.82) is 0 Å². The molecule has 1 aromatic rings. The molecule has 0 aliphatic rings. The molecule has 0 heterocycles. The standard InChI is InChI=1S/C11H15ClN2O2/c1-7(14-6-10(13)11(15)16)8-2-4-9(12)5-3-8/h2-5,7,10,14H,6,13H2,1H3,(H,15,16). The van der Waals surface area contributed by atoms with E-state index in [0.717, 1.165) is 5.56 Å². The fourth-order valence-corrected chi connectivity index (χ4v) is 1.39. The zero-order chi connectivity index (χ0) is 12.1. The second-order valence-electron chi connectivity index (χ2n) is 3.63. The molecule has 0 spiro atoms. The van der Waals surface area contributed by atoms with Crippen LogP contribution in [0.3, 0.4) is 0 Å². The maximum Gasteiger partial charge on any atom is 0.321 e. The van der Waals surface area contributed by atoms with Crippen LogP contribution in [0.25, 0.3) is 0 Å². The van der Waals surface area contributed by atoms with E-state index in [0.29, 0.717) is 5.02 Å². The fraction of sp³-hybridized carbons (Fsp3) is 0.364. The molecule has 16 heavy (non-hydrogen) atoms. The lowest BCUT2D eigenvalue weighted by molar-refractivity contribution is -0.138. The molecule has 0 radical (unpaired) electrons. The number of halogens is 1. The molecule has 1 rings (SSSR count). The van der Waals surface area contributed by atoms with E-state index in [1.54, 1.807) is 12.1 Å². The smallest absolute Gasteiger partial charge is 0.321 e. The van der Waals surface area contributed by atoms with Gasteiger partial charge in [-0.25, -0.2) is 0 Å². The average molecular weight is 243 g/mol. The number of hydrogen-bond donors (Lipinski definition) is 3. The maximum atomic E-state index is 10.5. The number of carboxylic acid groups (broad SMARTS) is 1. The lowest BCUT2D eigenvalue weighted by Gasteiger charge is -2.16. The Balaban J connectivity index is 2.49. The Kier molecular flexibility index (Phi) is 4.73. The maximum absolute atomic E-state index is 10.5. The normalized spacial score (nSPS) is 14.4. The zero-order valence-corrected chi connectivity index (χ0v) is 9.74. The monoisotopic (exact) mass is 242 g/mol. The molecular weight excluding hydrogens is 228 g/mol. The van der Waals surface area contributed by atoms with Gasteiger partial charge < -0.3 is 16.2 Å². The Morgan fingerprint density at radius 3 is 2.56 bits per heavy atom. The first kappa shape index (κ1) is 13.0. The van der Waals surface area contributed by atoms with Crippen LogP contribution in [0, 0.1) is 0 Å². The molecule has 0 saturated carbocycles. The van der Waals surface area contributed by atoms with Gasteiger partial charge in [0, 0.05) is 17.6 Å². The molecule has 2 atom stereocenters. The van der Waals surface area contributed by atoms with Crippen molar-refractivity contribution in [3.63, 3.8) is 0 Å². The van der Waals surface area contributed by atoms with Crippen LogP contribution in [-0.2, 0) is 4.79 Å². The predicted molar refractivity (Wildman–Crippen MR) is 63.5 cm³/mol. The quantitative estimate of drug-likeness (QED) is 0.730. The van der Waals surface area contributed by atoms with Crippen LogP contribution in [0.1, 0.15) is 18.5 Å². The molecule has 0 amide bonds. The molecule has 0 aromatic heterocycles. The second-order valence-corrected chi connectivity index (χ2v) is 4.06. The van der Waals surface area contributed by atoms with E-state index in [2.05, 4.69) is 5.32 Å². The number of carboxylic acids is 1. The van der Waals surface area contributed by atoms with Gasteiger partial charge in [0.05, 0.1) is 0 Å². The van der Waals surface area contributed by atoms with E-state index in [9.17, 15) is 4.79 Å². The Bertz CT molecular complexity index is 354. The van der Waals surface area contributed by atoms with E-state index in [1.165, 1.54) is 0 Å². The first-order valence-corrected chi connectivity index (χ1v) is 5.35. The molecule has 4 N–H and O–H groups in total. The number of nitrogens with one attached hydrogen (secondary N) is 1. The second kappa shape index (κ2) is 5.84. The summed E-state index contributed by atoms with van der Waals surface area (Å²) >= 11 is 5.77. The minimum atomic E-state index is -1.00. The van der Waals surface area contributed by atoms with Gasteiger partial charge in [-0.3, -0.25) is 4.79 Å². The third-order valence-corrected chi connectivity index (χ3v) is 2.58. The molecule has 0 aliphatic heterocycles. The summed E-state index contributed by atoms with van der Waals surface area (Å²) in [6.45, 7) is 2.18. The third kappa shape index (κ3) is 3.81. The van der Waals surface area contributed by atoms with Crippen LogP contribution in [0.15, 0.2) is 24.3 Å². The Morgan fingerprint density at radius 2 is 2.06 bits per heavy atom. The van der Waals surface area contributed by atoms with Crippen LogP contribution in [0.4, 0.5) is 0 Å². The van der Waals surface area contributed by atoms with Gasteiger partial charge in [0.2, 0.25) is 0 Å². The van der Waals surface area contributed by atoms with Gasteiger partial charge >= 0.3 is 5.97 Å². The molecule has 5 heteroatoms. The van der Waals surface area contributed by atoms with Crippen LogP contribution >= 0.6 is 11.6 Å². The summed E-state index contributed by atoms with van der Waals surface area (Å²) in [6, 6.07) is 6.55. The number of aliphatic carboxylic acids is 1. The molecular formula is C11H15ClN2O2. The van der Waals surface area contributed by atoms with Gasteiger partial charge in [0.25, 0.3) is 0 Å². The molecule has 0 fully saturated rings. The van der Waals surface area contributed by atoms with E-state index < -0.39 is 12.0 Å². The number of carbonyl (C=O) groups is 1. The highest BCUT2D eigenvalue weighted by atomic mass is 35.5. The van der Waals surface area contributed by atoms with Crippen molar-refractivity contribution in [3.05, 3.63) is 34.9 Å². The van der Waals surface area contributed by atoms with Crippen LogP contribution in [0.2, 0.25) is 5.02 Å². The highest BCUT2D eigenvalue weighted by molar-refractivity contribution is 6.30. The predicted octanol–water partition coefficient (Wildman–Crippen LogP) is 1.40. The molecule has 4 nitrogen and oxygen atoms in total. The van der Waals surface area contributed by atoms with Crippen molar-refractivity contribution in [1.82, 2.24) is 5.32 Å². The highest BCUT2D eigenvalue weighted by Crippen LogP contribution is 2.15. The summed E-state index contributed by atoms with van der Waals surface area (Å²) in [5.74, 6) is -1.00. The summed E-state index contributed by atoms with van der Waals surface area (Å²) in [4.78, 5) is 10.5. The molecule has 0 aliphatic carbocycles. The lowest BCUT2D eigenvalue weighted by Crippen LogP contribution is -2.41. The van der Waals surface area contributed by atoms with Crippen molar-refractivity contribution in [2.45, 2.75) is 19.0 Å². The van der Waals surface area contributed by atoms with Gasteiger partial charge in [0.15, 0.2) is 0 Å². The summed E-state index contributed by atoms with van der Waals surface area (Å²) < 4.78 is 0. The van der Waals surface area contributed by atoms with E-state index in [4.69, 9.17) is 22.4 Å². The number of nitrogens with two attached hydrogens (primary N) is 1. The van der Waals surface area contributed by atoms with Crippen molar-refractivity contribution in [2.24, 2.45) is 5.73 Å². The molecule has 2 unspecified atom stereocenters. The summed E-state index contributed by atoms with van der Waals surface area (Å²) in [7, 11) is 0. The van der Waals surface area contributed by atoms with Gasteiger partial charge in [-0.1, -0.05) is 23.7 Å². The highest BCUT2D eigenvalue weighted by Gasteiger charge is 2.12. The summed E-state index contributed by atoms with van der Waals surface area (Å²) in [5, 5.41) is 12.3. The fourth-order valence-electron chi connectivity index (χ4n) is 1.26. The first-order valence-electron chi connectivity index (χ1n) is 4.98. The van der Waals surface area contributed by atoms with E-state index in [1.807, 2.05) is 19.1 Å². The van der Waals surface area contributed by atoms with Crippen molar-refractivity contribution < 1.29 is 9.90 Å². The minimum Gasteiger partial charge on any atom is -0.480 e. The van der Waals surface area contributed by atoms with Crippen LogP contribution < -0.4 is 11.1 Å². The Morgan fingerprint density at radius 1 is 1.50 bits per heavy atom. The molecule has 88 valence electrons. The first-order chi connectivity index (χ1) is 7.50. The zero-order valence-electron chi connectivity index (χ0n) is 8.98. The van der Waals surface area contributed by atoms with Gasteiger partial charge in [-0.2, -0.15) is 0 Å². The van der Waals surface area contributed by atoms with Gasteiger partial charge in [0.1, 0.15) is 6.04 Å². The largest absolute Gasteiger partial charge is 0.480 e. The SMILES string of the molecule is CC(NCC(N)C(=O)O)c1ccc(Cl)cc1. The van der Waals surface area contributed by atoms with Crippen molar-refractivity contribution in [2.75, 3.05) is 6.54 Å². The minimum absolute atomic E-state index is 0.0441. The van der Waals surface area contributed by atoms with Gasteiger partial charge in [-0.05, 0) is 24.6 Å². The lowest BCUT2D eigenvalue weighted by atomic mass is 10.1. The topological polar surface area (TPSA) is 75.3 Å². The average Bonchev–Trinajstić information content (AvgIpc) is 2.26. The Hall–Kier alpha value is -1.10. The van der Waals surface area contributed by atoms with Crippen molar-refractivity contribution >= 4 is 17.6 Å². The molecule has 0 bridgehead atoms. The van der Waals surface area contributed by atoms with Crippen LogP contribution in [0.5, 0.6) is 0 Å². The Labute approximate surface area is 99.4 Å². The summed E-state index contributed by atoms with van der Waals surface area (Å²) in [5.41, 5.74) is 6.43. The van der Waals surface area contributed by atoms with Crippen LogP contribution in [-0.4, -0.2) is 23.7 Å². The number of rotatable bonds is 5. The number of benzene rings is 1. The molecule has 1 aromatic carbocycles. The summed E-state index contributed by atoms with van der Waals surface area (Å²) in [6.07, 6.45) is 0. The molecule has 0 saturated heterocycles. The van der Waals surface area contributed by atoms with Crippen molar-refractivity contribution in [3.8, 4) is 0 Å². The number of hydrogen-bond acceptors (Lipinski definition) is 3. The van der Waals surface area contributed by atoms with Gasteiger partial charge in [-0.15, -0.1) is 0 Å². The van der Waals surface area contributed by atoms with E-state index >= 15 is 0 Å². The third-order valence-electron chi connectivity index (χ3n) is 2.33. The van der Waals surface area contributed by atoms with E-state index in [-0.39, 0.29) is 12.6 Å².